The zero-order valence-electron chi connectivity index (χ0n) is 33.9. The van der Waals surface area contributed by atoms with Crippen molar-refractivity contribution in [2.24, 2.45) is 29.6 Å². The largest absolute Gasteiger partial charge is 0.465 e. The van der Waals surface area contributed by atoms with E-state index < -0.39 is 0 Å². The fourth-order valence-electron chi connectivity index (χ4n) is 8.01. The molecule has 1 aliphatic carbocycles. The van der Waals surface area contributed by atoms with Gasteiger partial charge in [0.15, 0.2) is 0 Å². The molecular weight excluding hydrogens is 604 g/mol. The number of hydrogen-bond acceptors (Lipinski definition) is 4. The number of carbonyl (C=O) groups excluding carboxylic acids is 2. The molecule has 1 aliphatic rings. The molecule has 5 unspecified atom stereocenters. The molecule has 0 N–H and O–H groups in total. The van der Waals surface area contributed by atoms with Crippen molar-refractivity contribution in [3.05, 3.63) is 0 Å². The summed E-state index contributed by atoms with van der Waals surface area (Å²) in [5.74, 6) is 0.353. The highest BCUT2D eigenvalue weighted by Crippen LogP contribution is 2.36. The van der Waals surface area contributed by atoms with Crippen molar-refractivity contribution in [2.45, 2.75) is 234 Å². The third-order valence-electron chi connectivity index (χ3n) is 11.5. The average molecular weight is 691 g/mol. The van der Waals surface area contributed by atoms with Crippen molar-refractivity contribution < 1.29 is 19.1 Å². The first-order valence-corrected chi connectivity index (χ1v) is 22.3. The molecule has 0 saturated heterocycles. The van der Waals surface area contributed by atoms with Crippen molar-refractivity contribution in [1.82, 2.24) is 0 Å². The van der Waals surface area contributed by atoms with E-state index in [2.05, 4.69) is 34.6 Å². The van der Waals surface area contributed by atoms with Crippen LogP contribution in [0.15, 0.2) is 0 Å². The highest BCUT2D eigenvalue weighted by Gasteiger charge is 2.40. The fraction of sp³-hybridized carbons (Fsp3) is 0.956. The fourth-order valence-corrected chi connectivity index (χ4v) is 8.01. The molecule has 290 valence electrons. The number of ether oxygens (including phenoxy) is 2. The first kappa shape index (κ1) is 46.0. The van der Waals surface area contributed by atoms with Gasteiger partial charge in [0, 0.05) is 0 Å². The molecule has 0 aromatic heterocycles. The highest BCUT2D eigenvalue weighted by atomic mass is 16.5. The molecular formula is C45H86O4. The molecule has 4 heteroatoms. The van der Waals surface area contributed by atoms with Gasteiger partial charge in [0.25, 0.3) is 0 Å². The molecule has 0 spiro atoms. The van der Waals surface area contributed by atoms with Gasteiger partial charge in [-0.2, -0.15) is 0 Å². The monoisotopic (exact) mass is 691 g/mol. The smallest absolute Gasteiger partial charge is 0.309 e. The molecule has 0 bridgehead atoms. The Kier molecular flexibility index (Phi) is 30.8. The maximum absolute atomic E-state index is 13.7. The molecule has 1 saturated carbocycles. The second-order valence-corrected chi connectivity index (χ2v) is 16.3. The van der Waals surface area contributed by atoms with Crippen molar-refractivity contribution in [2.75, 3.05) is 13.2 Å². The van der Waals surface area contributed by atoms with Gasteiger partial charge < -0.3 is 9.47 Å². The standard InChI is InChI=1S/C45H86O4/c1-6-10-14-18-20-24-28-32-40(30-26-22-16-12-8-3)37-48-44(46)42-35-34-39(5)36-43(42)45(47)49-38-41(31-27-23-17-13-9-4)33-29-25-21-19-15-11-7-2/h39-43H,6-38H2,1-5H3. The number of unbranched alkanes of at least 4 members (excludes halogenated alkanes) is 20. The molecule has 4 nitrogen and oxygen atoms in total. The number of carbonyl (C=O) groups is 2. The highest BCUT2D eigenvalue weighted by molar-refractivity contribution is 5.82. The maximum Gasteiger partial charge on any atom is 0.309 e. The molecule has 49 heavy (non-hydrogen) atoms. The SMILES string of the molecule is CCCCCCCCCC(CCCCCCC)COC(=O)C1CCC(C)CC1C(=O)OCC(CCCCCCC)CCCCCCCCC. The minimum absolute atomic E-state index is 0.139. The van der Waals surface area contributed by atoms with Crippen LogP contribution in [0.1, 0.15) is 234 Å². The van der Waals surface area contributed by atoms with Crippen LogP contribution in [0.2, 0.25) is 0 Å². The second kappa shape index (κ2) is 32.8. The van der Waals surface area contributed by atoms with Crippen LogP contribution in [-0.2, 0) is 19.1 Å². The van der Waals surface area contributed by atoms with Crippen molar-refractivity contribution >= 4 is 11.9 Å². The summed E-state index contributed by atoms with van der Waals surface area (Å²) < 4.78 is 12.2. The molecule has 1 fully saturated rings. The maximum atomic E-state index is 13.7. The lowest BCUT2D eigenvalue weighted by Crippen LogP contribution is -2.38. The number of esters is 2. The van der Waals surface area contributed by atoms with Crippen LogP contribution in [-0.4, -0.2) is 25.2 Å². The van der Waals surface area contributed by atoms with Crippen LogP contribution in [0.25, 0.3) is 0 Å². The van der Waals surface area contributed by atoms with Gasteiger partial charge in [-0.1, -0.05) is 189 Å². The van der Waals surface area contributed by atoms with Crippen LogP contribution >= 0.6 is 0 Å². The summed E-state index contributed by atoms with van der Waals surface area (Å²) in [4.78, 5) is 27.3. The van der Waals surface area contributed by atoms with Crippen molar-refractivity contribution in [3.63, 3.8) is 0 Å². The summed E-state index contributed by atoms with van der Waals surface area (Å²) >= 11 is 0. The summed E-state index contributed by atoms with van der Waals surface area (Å²) in [6.45, 7) is 12.3. The Morgan fingerprint density at radius 2 is 0.755 bits per heavy atom. The quantitative estimate of drug-likeness (QED) is 0.0498. The van der Waals surface area contributed by atoms with Crippen LogP contribution in [0.3, 0.4) is 0 Å². The van der Waals surface area contributed by atoms with E-state index in [9.17, 15) is 9.59 Å². The van der Waals surface area contributed by atoms with Crippen molar-refractivity contribution in [3.8, 4) is 0 Å². The van der Waals surface area contributed by atoms with E-state index in [0.29, 0.717) is 31.0 Å². The lowest BCUT2D eigenvalue weighted by molar-refractivity contribution is -0.165. The van der Waals surface area contributed by atoms with Gasteiger partial charge in [0.2, 0.25) is 0 Å². The minimum Gasteiger partial charge on any atom is -0.465 e. The topological polar surface area (TPSA) is 52.6 Å². The van der Waals surface area contributed by atoms with E-state index in [4.69, 9.17) is 9.47 Å². The minimum atomic E-state index is -0.351. The summed E-state index contributed by atoms with van der Waals surface area (Å²) in [6.07, 6.45) is 38.3. The molecule has 0 amide bonds. The van der Waals surface area contributed by atoms with Crippen LogP contribution in [0, 0.1) is 29.6 Å². The molecule has 0 radical (unpaired) electrons. The van der Waals surface area contributed by atoms with Gasteiger partial charge in [0.1, 0.15) is 0 Å². The lowest BCUT2D eigenvalue weighted by atomic mass is 9.74. The zero-order chi connectivity index (χ0) is 35.8. The summed E-state index contributed by atoms with van der Waals surface area (Å²) in [6, 6.07) is 0. The average Bonchev–Trinajstić information content (AvgIpc) is 3.10. The predicted molar refractivity (Wildman–Crippen MR) is 211 cm³/mol. The molecule has 0 aliphatic heterocycles. The molecule has 5 atom stereocenters. The Hall–Kier alpha value is -1.06. The molecule has 1 rings (SSSR count). The summed E-state index contributed by atoms with van der Waals surface area (Å²) in [5, 5.41) is 0. The third-order valence-corrected chi connectivity index (χ3v) is 11.5. The van der Waals surface area contributed by atoms with Crippen LogP contribution < -0.4 is 0 Å². The third kappa shape index (κ3) is 24.7. The van der Waals surface area contributed by atoms with Gasteiger partial charge in [0.05, 0.1) is 25.0 Å². The van der Waals surface area contributed by atoms with Crippen LogP contribution in [0.5, 0.6) is 0 Å². The van der Waals surface area contributed by atoms with E-state index in [1.165, 1.54) is 154 Å². The Bertz CT molecular complexity index is 750. The lowest BCUT2D eigenvalue weighted by Gasteiger charge is -2.32. The second-order valence-electron chi connectivity index (χ2n) is 16.3. The first-order valence-electron chi connectivity index (χ1n) is 22.3. The first-order chi connectivity index (χ1) is 24.0. The Labute approximate surface area is 306 Å². The van der Waals surface area contributed by atoms with Gasteiger partial charge in [-0.3, -0.25) is 9.59 Å². The number of hydrogen-bond donors (Lipinski definition) is 0. The van der Waals surface area contributed by atoms with E-state index in [1.54, 1.807) is 0 Å². The van der Waals surface area contributed by atoms with E-state index >= 15 is 0 Å². The predicted octanol–water partition coefficient (Wildman–Crippen LogP) is 14.4. The van der Waals surface area contributed by atoms with Crippen molar-refractivity contribution in [1.29, 1.82) is 0 Å². The molecule has 0 aromatic rings. The zero-order valence-corrected chi connectivity index (χ0v) is 33.9. The van der Waals surface area contributed by atoms with Gasteiger partial charge >= 0.3 is 11.9 Å². The van der Waals surface area contributed by atoms with Gasteiger partial charge in [-0.25, -0.2) is 0 Å². The summed E-state index contributed by atoms with van der Waals surface area (Å²) in [5.41, 5.74) is 0. The van der Waals surface area contributed by atoms with Gasteiger partial charge in [-0.15, -0.1) is 0 Å². The Balaban J connectivity index is 2.69. The summed E-state index contributed by atoms with van der Waals surface area (Å²) in [7, 11) is 0. The number of rotatable bonds is 34. The van der Waals surface area contributed by atoms with E-state index in [-0.39, 0.29) is 23.8 Å². The normalized spacial score (nSPS) is 19.1. The van der Waals surface area contributed by atoms with E-state index in [1.807, 2.05) is 0 Å². The molecule has 0 heterocycles. The Morgan fingerprint density at radius 1 is 0.449 bits per heavy atom. The van der Waals surface area contributed by atoms with Gasteiger partial charge in [-0.05, 0) is 62.7 Å². The van der Waals surface area contributed by atoms with E-state index in [0.717, 1.165) is 44.9 Å². The van der Waals surface area contributed by atoms with Crippen LogP contribution in [0.4, 0.5) is 0 Å². The Morgan fingerprint density at radius 3 is 1.10 bits per heavy atom. The molecule has 0 aromatic carbocycles.